The van der Waals surface area contributed by atoms with Crippen LogP contribution in [0.5, 0.6) is 0 Å². The van der Waals surface area contributed by atoms with Crippen LogP contribution in [-0.2, 0) is 17.1 Å². The highest BCUT2D eigenvalue weighted by atomic mass is 32.2. The van der Waals surface area contributed by atoms with E-state index in [2.05, 4.69) is 25.0 Å². The first-order valence-corrected chi connectivity index (χ1v) is 5.43. The van der Waals surface area contributed by atoms with Crippen molar-refractivity contribution in [1.29, 1.82) is 0 Å². The number of hydrogen-bond acceptors (Lipinski definition) is 5. The zero-order valence-corrected chi connectivity index (χ0v) is 8.56. The van der Waals surface area contributed by atoms with Crippen molar-refractivity contribution in [3.8, 4) is 0 Å². The van der Waals surface area contributed by atoms with Crippen LogP contribution in [0, 0.1) is 0 Å². The minimum absolute atomic E-state index is 0.0684. The second-order valence-corrected chi connectivity index (χ2v) is 4.47. The molecule has 0 atom stereocenters. The number of H-pyrrole nitrogens is 1. The van der Waals surface area contributed by atoms with Crippen LogP contribution in [0.4, 0.5) is 5.95 Å². The molecule has 0 aliphatic rings. The van der Waals surface area contributed by atoms with E-state index in [0.29, 0.717) is 0 Å². The number of hydrogen-bond donors (Lipinski definition) is 2. The molecule has 0 unspecified atom stereocenters. The van der Waals surface area contributed by atoms with Gasteiger partial charge in [0.25, 0.3) is 10.0 Å². The fourth-order valence-corrected chi connectivity index (χ4v) is 1.93. The Morgan fingerprint density at radius 1 is 1.53 bits per heavy atom. The lowest BCUT2D eigenvalue weighted by Gasteiger charge is -2.00. The first-order valence-electron chi connectivity index (χ1n) is 3.95. The van der Waals surface area contributed by atoms with Gasteiger partial charge in [0.05, 0.1) is 6.20 Å². The Bertz CT molecular complexity index is 542. The summed E-state index contributed by atoms with van der Waals surface area (Å²) < 4.78 is 26.9. The number of nitrogens with one attached hydrogen (secondary N) is 2. The summed E-state index contributed by atoms with van der Waals surface area (Å²) in [7, 11) is -2.00. The fraction of sp³-hybridized carbons (Fsp3) is 0.167. The van der Waals surface area contributed by atoms with Gasteiger partial charge in [-0.15, -0.1) is 0 Å². The minimum atomic E-state index is -3.63. The first kappa shape index (κ1) is 9.65. The molecule has 2 N–H and O–H groups in total. The molecular weight excluding hydrogens is 220 g/mol. The Balaban J connectivity index is 2.28. The zero-order chi connectivity index (χ0) is 10.9. The van der Waals surface area contributed by atoms with Gasteiger partial charge < -0.3 is 0 Å². The molecule has 2 heterocycles. The fourth-order valence-electron chi connectivity index (χ4n) is 0.978. The van der Waals surface area contributed by atoms with Gasteiger partial charge in [-0.3, -0.25) is 4.68 Å². The number of nitrogens with zero attached hydrogens (tertiary/aromatic N) is 4. The van der Waals surface area contributed by atoms with Gasteiger partial charge in [-0.2, -0.15) is 15.2 Å². The van der Waals surface area contributed by atoms with E-state index in [-0.39, 0.29) is 10.8 Å². The Hall–Kier alpha value is -1.90. The summed E-state index contributed by atoms with van der Waals surface area (Å²) >= 11 is 0. The van der Waals surface area contributed by atoms with E-state index in [1.807, 2.05) is 0 Å². The molecule has 0 fully saturated rings. The van der Waals surface area contributed by atoms with Gasteiger partial charge in [-0.05, 0) is 0 Å². The van der Waals surface area contributed by atoms with Crippen molar-refractivity contribution in [3.05, 3.63) is 18.7 Å². The molecule has 0 bridgehead atoms. The van der Waals surface area contributed by atoms with Crippen molar-refractivity contribution < 1.29 is 8.42 Å². The quantitative estimate of drug-likeness (QED) is 0.725. The largest absolute Gasteiger partial charge is 0.274 e. The molecule has 80 valence electrons. The lowest BCUT2D eigenvalue weighted by Crippen LogP contribution is -2.13. The number of rotatable bonds is 3. The van der Waals surface area contributed by atoms with Crippen LogP contribution >= 0.6 is 0 Å². The van der Waals surface area contributed by atoms with Gasteiger partial charge in [0.1, 0.15) is 11.2 Å². The number of aryl methyl sites for hydroxylation is 1. The molecule has 2 aromatic rings. The zero-order valence-electron chi connectivity index (χ0n) is 7.75. The molecule has 0 aromatic carbocycles. The molecule has 15 heavy (non-hydrogen) atoms. The summed E-state index contributed by atoms with van der Waals surface area (Å²) in [5.41, 5.74) is 0. The maximum absolute atomic E-state index is 11.7. The molecular formula is C6H8N6O2S. The molecule has 0 aliphatic heterocycles. The third-order valence-electron chi connectivity index (χ3n) is 1.64. The summed E-state index contributed by atoms with van der Waals surface area (Å²) in [6.45, 7) is 0. The molecule has 0 spiro atoms. The normalized spacial score (nSPS) is 11.5. The SMILES string of the molecule is Cn1cc(S(=O)(=O)Nc2ncn[nH]2)cn1. The van der Waals surface area contributed by atoms with Crippen molar-refractivity contribution in [2.45, 2.75) is 4.90 Å². The van der Waals surface area contributed by atoms with E-state index >= 15 is 0 Å². The average Bonchev–Trinajstić information content (AvgIpc) is 2.75. The van der Waals surface area contributed by atoms with E-state index in [1.54, 1.807) is 7.05 Å². The van der Waals surface area contributed by atoms with Gasteiger partial charge in [0.2, 0.25) is 5.95 Å². The Labute approximate surface area is 85.4 Å². The van der Waals surface area contributed by atoms with Crippen molar-refractivity contribution in [2.24, 2.45) is 7.05 Å². The average molecular weight is 228 g/mol. The minimum Gasteiger partial charge on any atom is -0.274 e. The molecule has 2 aromatic heterocycles. The Kier molecular flexibility index (Phi) is 2.15. The number of anilines is 1. The lowest BCUT2D eigenvalue weighted by molar-refractivity contribution is 0.600. The van der Waals surface area contributed by atoms with Gasteiger partial charge in [-0.1, -0.05) is 0 Å². The van der Waals surface area contributed by atoms with Crippen LogP contribution in [0.25, 0.3) is 0 Å². The standard InChI is InChI=1S/C6H8N6O2S/c1-12-3-5(2-9-12)15(13,14)11-6-7-4-8-10-6/h2-4H,1H3,(H2,7,8,10,11). The van der Waals surface area contributed by atoms with Crippen LogP contribution in [0.2, 0.25) is 0 Å². The Morgan fingerprint density at radius 3 is 2.87 bits per heavy atom. The van der Waals surface area contributed by atoms with Crippen LogP contribution in [0.1, 0.15) is 0 Å². The molecule has 0 saturated carbocycles. The van der Waals surface area contributed by atoms with Crippen LogP contribution in [0.3, 0.4) is 0 Å². The third kappa shape index (κ3) is 1.96. The molecule has 2 rings (SSSR count). The predicted molar refractivity (Wildman–Crippen MR) is 50.4 cm³/mol. The van der Waals surface area contributed by atoms with Gasteiger partial charge in [0, 0.05) is 13.2 Å². The van der Waals surface area contributed by atoms with Crippen LogP contribution < -0.4 is 4.72 Å². The first-order chi connectivity index (χ1) is 7.08. The molecule has 0 amide bonds. The van der Waals surface area contributed by atoms with Gasteiger partial charge >= 0.3 is 0 Å². The molecule has 0 saturated heterocycles. The Morgan fingerprint density at radius 2 is 2.33 bits per heavy atom. The van der Waals surface area contributed by atoms with Crippen molar-refractivity contribution in [1.82, 2.24) is 25.0 Å². The summed E-state index contributed by atoms with van der Waals surface area (Å²) in [5, 5.41) is 9.68. The van der Waals surface area contributed by atoms with E-state index in [9.17, 15) is 8.42 Å². The number of aromatic amines is 1. The topological polar surface area (TPSA) is 106 Å². The van der Waals surface area contributed by atoms with Gasteiger partial charge in [-0.25, -0.2) is 18.2 Å². The summed E-state index contributed by atoms with van der Waals surface area (Å²) in [6, 6.07) is 0. The number of sulfonamides is 1. The molecule has 9 heteroatoms. The lowest BCUT2D eigenvalue weighted by atomic mass is 10.7. The highest BCUT2D eigenvalue weighted by Crippen LogP contribution is 2.10. The van der Waals surface area contributed by atoms with E-state index in [4.69, 9.17) is 0 Å². The summed E-state index contributed by atoms with van der Waals surface area (Å²) in [4.78, 5) is 3.72. The van der Waals surface area contributed by atoms with Crippen LogP contribution in [0.15, 0.2) is 23.6 Å². The van der Waals surface area contributed by atoms with E-state index in [1.165, 1.54) is 23.4 Å². The van der Waals surface area contributed by atoms with Crippen molar-refractivity contribution in [2.75, 3.05) is 4.72 Å². The van der Waals surface area contributed by atoms with Gasteiger partial charge in [0.15, 0.2) is 0 Å². The smallest absolute Gasteiger partial charge is 0.267 e. The van der Waals surface area contributed by atoms with Crippen molar-refractivity contribution >= 4 is 16.0 Å². The summed E-state index contributed by atoms with van der Waals surface area (Å²) in [6.07, 6.45) is 3.85. The number of aromatic nitrogens is 5. The monoisotopic (exact) mass is 228 g/mol. The second-order valence-electron chi connectivity index (χ2n) is 2.79. The molecule has 8 nitrogen and oxygen atoms in total. The van der Waals surface area contributed by atoms with Crippen molar-refractivity contribution in [3.63, 3.8) is 0 Å². The maximum atomic E-state index is 11.7. The maximum Gasteiger partial charge on any atom is 0.267 e. The van der Waals surface area contributed by atoms with Crippen LogP contribution in [-0.4, -0.2) is 33.4 Å². The van der Waals surface area contributed by atoms with E-state index in [0.717, 1.165) is 0 Å². The molecule has 0 radical (unpaired) electrons. The highest BCUT2D eigenvalue weighted by Gasteiger charge is 2.16. The highest BCUT2D eigenvalue weighted by molar-refractivity contribution is 7.92. The molecule has 0 aliphatic carbocycles. The second kappa shape index (κ2) is 3.35. The summed E-state index contributed by atoms with van der Waals surface area (Å²) in [5.74, 6) is 0.0684. The van der Waals surface area contributed by atoms with E-state index < -0.39 is 10.0 Å². The predicted octanol–water partition coefficient (Wildman–Crippen LogP) is -0.661. The third-order valence-corrected chi connectivity index (χ3v) is 2.93.